The number of carbonyl (C=O) groups excluding carboxylic acids is 2. The zero-order valence-electron chi connectivity index (χ0n) is 17.9. The Morgan fingerprint density at radius 1 is 1.32 bits per heavy atom. The second-order valence-corrected chi connectivity index (χ2v) is 8.94. The van der Waals surface area contributed by atoms with Crippen molar-refractivity contribution < 1.29 is 18.4 Å². The number of hydrogen-bond acceptors (Lipinski definition) is 5. The second kappa shape index (κ2) is 8.01. The van der Waals surface area contributed by atoms with Crippen LogP contribution in [0.2, 0.25) is 0 Å². The summed E-state index contributed by atoms with van der Waals surface area (Å²) in [5, 5.41) is 11.3. The van der Waals surface area contributed by atoms with Crippen LogP contribution in [0.1, 0.15) is 49.4 Å². The molecule has 1 fully saturated rings. The molecule has 31 heavy (non-hydrogen) atoms. The van der Waals surface area contributed by atoms with E-state index in [-0.39, 0.29) is 36.4 Å². The van der Waals surface area contributed by atoms with E-state index in [1.165, 1.54) is 11.0 Å². The van der Waals surface area contributed by atoms with Crippen LogP contribution in [0.5, 0.6) is 0 Å². The minimum Gasteiger partial charge on any atom is -0.337 e. The van der Waals surface area contributed by atoms with Gasteiger partial charge in [0, 0.05) is 38.5 Å². The fourth-order valence-electron chi connectivity index (χ4n) is 4.16. The molecule has 2 aromatic rings. The standard InChI is InChI=1S/C20H27F2N7O2/c1-12(2)9-28-16-6-13(3)25-29(16)5-4-15(19(28)31)24-18(30)17-23-11-27(26-17)10-14-7-20(21,22)8-14/h6,11-12,14-15H,4-5,7-10H2,1-3H3,(H,24,30). The number of anilines is 1. The Hall–Kier alpha value is -2.85. The van der Waals surface area contributed by atoms with Crippen LogP contribution in [0.25, 0.3) is 0 Å². The first kappa shape index (κ1) is 21.4. The van der Waals surface area contributed by atoms with Gasteiger partial charge in [-0.2, -0.15) is 5.10 Å². The third-order valence-electron chi connectivity index (χ3n) is 5.56. The molecule has 2 aliphatic rings. The Balaban J connectivity index is 1.43. The topological polar surface area (TPSA) is 97.9 Å². The van der Waals surface area contributed by atoms with Crippen molar-refractivity contribution in [1.82, 2.24) is 29.9 Å². The molecule has 0 saturated heterocycles. The van der Waals surface area contributed by atoms with Gasteiger partial charge in [-0.3, -0.25) is 19.2 Å². The van der Waals surface area contributed by atoms with E-state index in [1.54, 1.807) is 9.58 Å². The van der Waals surface area contributed by atoms with Crippen molar-refractivity contribution >= 4 is 17.6 Å². The summed E-state index contributed by atoms with van der Waals surface area (Å²) in [7, 11) is 0. The third kappa shape index (κ3) is 4.59. The molecule has 0 radical (unpaired) electrons. The highest BCUT2D eigenvalue weighted by Gasteiger charge is 2.45. The van der Waals surface area contributed by atoms with Crippen molar-refractivity contribution in [2.45, 2.75) is 65.1 Å². The molecule has 1 N–H and O–H groups in total. The first-order chi connectivity index (χ1) is 14.6. The van der Waals surface area contributed by atoms with E-state index < -0.39 is 17.9 Å². The van der Waals surface area contributed by atoms with Gasteiger partial charge in [0.15, 0.2) is 0 Å². The van der Waals surface area contributed by atoms with Gasteiger partial charge in [0.1, 0.15) is 18.2 Å². The third-order valence-corrected chi connectivity index (χ3v) is 5.56. The number of amides is 2. The first-order valence-electron chi connectivity index (χ1n) is 10.6. The zero-order valence-corrected chi connectivity index (χ0v) is 17.9. The lowest BCUT2D eigenvalue weighted by Crippen LogP contribution is -2.49. The molecule has 3 heterocycles. The molecule has 168 valence electrons. The number of aromatic nitrogens is 5. The van der Waals surface area contributed by atoms with Crippen molar-refractivity contribution in [3.63, 3.8) is 0 Å². The van der Waals surface area contributed by atoms with Gasteiger partial charge in [0.05, 0.1) is 5.69 Å². The van der Waals surface area contributed by atoms with E-state index in [4.69, 9.17) is 0 Å². The molecule has 2 amide bonds. The molecule has 2 aromatic heterocycles. The summed E-state index contributed by atoms with van der Waals surface area (Å²) in [6, 6.07) is 1.14. The molecule has 0 bridgehead atoms. The van der Waals surface area contributed by atoms with Gasteiger partial charge >= 0.3 is 0 Å². The largest absolute Gasteiger partial charge is 0.337 e. The molecule has 9 nitrogen and oxygen atoms in total. The molecule has 1 atom stereocenters. The highest BCUT2D eigenvalue weighted by Crippen LogP contribution is 2.42. The molecule has 1 unspecified atom stereocenters. The summed E-state index contributed by atoms with van der Waals surface area (Å²) < 4.78 is 29.2. The lowest BCUT2D eigenvalue weighted by molar-refractivity contribution is -0.120. The predicted octanol–water partition coefficient (Wildman–Crippen LogP) is 2.02. The molecule has 0 spiro atoms. The molecule has 0 aromatic carbocycles. The Morgan fingerprint density at radius 2 is 2.06 bits per heavy atom. The fourth-order valence-corrected chi connectivity index (χ4v) is 4.16. The van der Waals surface area contributed by atoms with E-state index in [0.29, 0.717) is 26.1 Å². The van der Waals surface area contributed by atoms with Gasteiger partial charge in [0.2, 0.25) is 11.7 Å². The van der Waals surface area contributed by atoms with Crippen LogP contribution in [-0.2, 0) is 17.9 Å². The van der Waals surface area contributed by atoms with Gasteiger partial charge in [-0.15, -0.1) is 5.10 Å². The normalized spacial score (nSPS) is 21.0. The smallest absolute Gasteiger partial charge is 0.291 e. The van der Waals surface area contributed by atoms with Crippen LogP contribution >= 0.6 is 0 Å². The van der Waals surface area contributed by atoms with Gasteiger partial charge in [-0.1, -0.05) is 13.8 Å². The Morgan fingerprint density at radius 3 is 2.74 bits per heavy atom. The Labute approximate surface area is 178 Å². The number of aryl methyl sites for hydroxylation is 2. The van der Waals surface area contributed by atoms with Crippen molar-refractivity contribution in [3.05, 3.63) is 23.9 Å². The number of fused-ring (bicyclic) bond motifs is 1. The predicted molar refractivity (Wildman–Crippen MR) is 108 cm³/mol. The van der Waals surface area contributed by atoms with E-state index in [9.17, 15) is 18.4 Å². The summed E-state index contributed by atoms with van der Waals surface area (Å²) in [6.45, 7) is 7.22. The van der Waals surface area contributed by atoms with E-state index in [1.807, 2.05) is 26.8 Å². The maximum atomic E-state index is 13.2. The van der Waals surface area contributed by atoms with Crippen LogP contribution in [-0.4, -0.2) is 54.9 Å². The SMILES string of the molecule is Cc1cc2n(n1)CCC(NC(=O)c1ncn(CC3CC(F)(F)C3)n1)C(=O)N2CC(C)C. The summed E-state index contributed by atoms with van der Waals surface area (Å²) in [4.78, 5) is 31.6. The van der Waals surface area contributed by atoms with Crippen molar-refractivity contribution in [3.8, 4) is 0 Å². The fraction of sp³-hybridized carbons (Fsp3) is 0.650. The number of rotatable bonds is 6. The van der Waals surface area contributed by atoms with Crippen molar-refractivity contribution in [1.29, 1.82) is 0 Å². The minimum absolute atomic E-state index is 0.0767. The van der Waals surface area contributed by atoms with Crippen LogP contribution in [0.4, 0.5) is 14.6 Å². The average Bonchev–Trinajstić information content (AvgIpc) is 3.25. The van der Waals surface area contributed by atoms with E-state index in [0.717, 1.165) is 11.5 Å². The van der Waals surface area contributed by atoms with E-state index in [2.05, 4.69) is 20.5 Å². The number of alkyl halides is 2. The quantitative estimate of drug-likeness (QED) is 0.749. The number of nitrogens with zero attached hydrogens (tertiary/aromatic N) is 6. The van der Waals surface area contributed by atoms with Crippen LogP contribution < -0.4 is 10.2 Å². The van der Waals surface area contributed by atoms with Gasteiger partial charge in [-0.25, -0.2) is 18.4 Å². The van der Waals surface area contributed by atoms with Gasteiger partial charge < -0.3 is 5.32 Å². The highest BCUT2D eigenvalue weighted by atomic mass is 19.3. The zero-order chi connectivity index (χ0) is 22.3. The minimum atomic E-state index is -2.60. The van der Waals surface area contributed by atoms with Gasteiger partial charge in [-0.05, 0) is 25.2 Å². The van der Waals surface area contributed by atoms with E-state index >= 15 is 0 Å². The maximum Gasteiger partial charge on any atom is 0.291 e. The summed E-state index contributed by atoms with van der Waals surface area (Å²) in [6.07, 6.45) is 1.41. The summed E-state index contributed by atoms with van der Waals surface area (Å²) >= 11 is 0. The Kier molecular flexibility index (Phi) is 5.52. The monoisotopic (exact) mass is 435 g/mol. The highest BCUT2D eigenvalue weighted by molar-refractivity contribution is 6.01. The number of carbonyl (C=O) groups is 2. The molecule has 4 rings (SSSR count). The molecule has 1 aliphatic carbocycles. The van der Waals surface area contributed by atoms with Crippen LogP contribution in [0, 0.1) is 18.8 Å². The van der Waals surface area contributed by atoms with Crippen LogP contribution in [0.3, 0.4) is 0 Å². The molecule has 11 heteroatoms. The van der Waals surface area contributed by atoms with Gasteiger partial charge in [0.25, 0.3) is 11.8 Å². The van der Waals surface area contributed by atoms with Crippen molar-refractivity contribution in [2.24, 2.45) is 11.8 Å². The summed E-state index contributed by atoms with van der Waals surface area (Å²) in [5.74, 6) is -2.64. The molecule has 1 aliphatic heterocycles. The molecular weight excluding hydrogens is 408 g/mol. The number of halogens is 2. The van der Waals surface area contributed by atoms with Crippen LogP contribution in [0.15, 0.2) is 12.4 Å². The number of hydrogen-bond donors (Lipinski definition) is 1. The Bertz CT molecular complexity index is 976. The van der Waals surface area contributed by atoms with Crippen molar-refractivity contribution in [2.75, 3.05) is 11.4 Å². The lowest BCUT2D eigenvalue weighted by atomic mass is 9.81. The maximum absolute atomic E-state index is 13.2. The average molecular weight is 435 g/mol. The summed E-state index contributed by atoms with van der Waals surface area (Å²) in [5.41, 5.74) is 0.831. The first-order valence-corrected chi connectivity index (χ1v) is 10.6. The molecule has 1 saturated carbocycles. The lowest BCUT2D eigenvalue weighted by Gasteiger charge is -2.34. The molecular formula is C20H27F2N7O2. The second-order valence-electron chi connectivity index (χ2n) is 8.94. The number of nitrogens with one attached hydrogen (secondary N) is 1.